The van der Waals surface area contributed by atoms with Crippen molar-refractivity contribution in [2.45, 2.75) is 45.4 Å². The third-order valence-electron chi connectivity index (χ3n) is 5.51. The number of halogens is 1. The number of benzene rings is 1. The zero-order valence-electron chi connectivity index (χ0n) is 14.8. The summed E-state index contributed by atoms with van der Waals surface area (Å²) >= 11 is 5.89. The minimum atomic E-state index is 0.0233. The Morgan fingerprint density at radius 3 is 2.48 bits per heavy atom. The molecule has 0 bridgehead atoms. The number of nitrogens with one attached hydrogen (secondary N) is 1. The van der Waals surface area contributed by atoms with E-state index >= 15 is 0 Å². The van der Waals surface area contributed by atoms with Crippen molar-refractivity contribution in [3.8, 4) is 0 Å². The lowest BCUT2D eigenvalue weighted by Crippen LogP contribution is -2.29. The third kappa shape index (κ3) is 4.40. The first-order chi connectivity index (χ1) is 12.0. The van der Waals surface area contributed by atoms with E-state index in [-0.39, 0.29) is 11.8 Å². The summed E-state index contributed by atoms with van der Waals surface area (Å²) in [7, 11) is 0. The standard InChI is InChI=1S/C21H25ClN2O/c1-14-13-23-12-11-20(14)17-5-3-16(4-6-17)15(2)21(25)24-19-9-7-18(22)8-10-19/h7-13,15-17H,3-6H2,1-2H3,(H,24,25). The van der Waals surface area contributed by atoms with Crippen LogP contribution in [0.5, 0.6) is 0 Å². The average molecular weight is 357 g/mol. The number of anilines is 1. The van der Waals surface area contributed by atoms with Crippen molar-refractivity contribution in [2.24, 2.45) is 11.8 Å². The van der Waals surface area contributed by atoms with Crippen molar-refractivity contribution in [3.63, 3.8) is 0 Å². The lowest BCUT2D eigenvalue weighted by atomic mass is 9.73. The van der Waals surface area contributed by atoms with Crippen LogP contribution in [0.25, 0.3) is 0 Å². The number of amides is 1. The summed E-state index contributed by atoms with van der Waals surface area (Å²) < 4.78 is 0. The van der Waals surface area contributed by atoms with Crippen LogP contribution in [0.15, 0.2) is 42.7 Å². The molecule has 1 aromatic carbocycles. The molecule has 1 aliphatic carbocycles. The van der Waals surface area contributed by atoms with E-state index in [4.69, 9.17) is 11.6 Å². The Morgan fingerprint density at radius 2 is 1.84 bits per heavy atom. The van der Waals surface area contributed by atoms with E-state index in [1.165, 1.54) is 11.1 Å². The highest BCUT2D eigenvalue weighted by Gasteiger charge is 2.30. The van der Waals surface area contributed by atoms with Gasteiger partial charge in [-0.15, -0.1) is 0 Å². The van der Waals surface area contributed by atoms with Gasteiger partial charge in [-0.1, -0.05) is 18.5 Å². The van der Waals surface area contributed by atoms with Crippen LogP contribution in [-0.4, -0.2) is 10.9 Å². The van der Waals surface area contributed by atoms with Gasteiger partial charge < -0.3 is 5.32 Å². The van der Waals surface area contributed by atoms with E-state index in [1.807, 2.05) is 31.5 Å². The number of aromatic nitrogens is 1. The minimum Gasteiger partial charge on any atom is -0.326 e. The number of pyridine rings is 1. The van der Waals surface area contributed by atoms with Crippen LogP contribution in [-0.2, 0) is 4.79 Å². The van der Waals surface area contributed by atoms with E-state index in [0.717, 1.165) is 31.4 Å². The first-order valence-corrected chi connectivity index (χ1v) is 9.39. The van der Waals surface area contributed by atoms with Gasteiger partial charge in [-0.25, -0.2) is 0 Å². The molecule has 25 heavy (non-hydrogen) atoms. The quantitative estimate of drug-likeness (QED) is 0.775. The van der Waals surface area contributed by atoms with Crippen LogP contribution in [0, 0.1) is 18.8 Å². The molecule has 1 N–H and O–H groups in total. The normalized spacial score (nSPS) is 21.6. The van der Waals surface area contributed by atoms with Crippen molar-refractivity contribution in [2.75, 3.05) is 5.32 Å². The second-order valence-electron chi connectivity index (χ2n) is 7.13. The number of carbonyl (C=O) groups excluding carboxylic acids is 1. The van der Waals surface area contributed by atoms with Gasteiger partial charge in [0.15, 0.2) is 0 Å². The van der Waals surface area contributed by atoms with Gasteiger partial charge in [0.25, 0.3) is 0 Å². The summed E-state index contributed by atoms with van der Waals surface area (Å²) in [5.41, 5.74) is 3.51. The predicted molar refractivity (Wildman–Crippen MR) is 103 cm³/mol. The lowest BCUT2D eigenvalue weighted by molar-refractivity contribution is -0.121. The number of hydrogen-bond donors (Lipinski definition) is 1. The largest absolute Gasteiger partial charge is 0.326 e. The lowest BCUT2D eigenvalue weighted by Gasteiger charge is -2.32. The van der Waals surface area contributed by atoms with Crippen molar-refractivity contribution in [1.82, 2.24) is 4.98 Å². The highest BCUT2D eigenvalue weighted by Crippen LogP contribution is 2.39. The monoisotopic (exact) mass is 356 g/mol. The van der Waals surface area contributed by atoms with E-state index in [0.29, 0.717) is 16.9 Å². The van der Waals surface area contributed by atoms with Gasteiger partial charge in [0, 0.05) is 29.0 Å². The van der Waals surface area contributed by atoms with Crippen molar-refractivity contribution in [1.29, 1.82) is 0 Å². The van der Waals surface area contributed by atoms with Gasteiger partial charge >= 0.3 is 0 Å². The van der Waals surface area contributed by atoms with Crippen LogP contribution in [0.4, 0.5) is 5.69 Å². The Hall–Kier alpha value is -1.87. The second-order valence-corrected chi connectivity index (χ2v) is 7.57. The van der Waals surface area contributed by atoms with Gasteiger partial charge in [-0.3, -0.25) is 9.78 Å². The Kier molecular flexibility index (Phi) is 5.74. The number of nitrogens with zero attached hydrogens (tertiary/aromatic N) is 1. The molecule has 1 heterocycles. The molecule has 0 saturated heterocycles. The molecule has 3 nitrogen and oxygen atoms in total. The Balaban J connectivity index is 1.56. The van der Waals surface area contributed by atoms with Crippen LogP contribution >= 0.6 is 11.6 Å². The van der Waals surface area contributed by atoms with E-state index in [2.05, 4.69) is 23.3 Å². The van der Waals surface area contributed by atoms with E-state index < -0.39 is 0 Å². The summed E-state index contributed by atoms with van der Waals surface area (Å²) in [5.74, 6) is 1.18. The number of hydrogen-bond acceptors (Lipinski definition) is 2. The molecule has 1 unspecified atom stereocenters. The van der Waals surface area contributed by atoms with Crippen molar-refractivity contribution in [3.05, 3.63) is 58.9 Å². The maximum Gasteiger partial charge on any atom is 0.227 e. The molecule has 2 aromatic rings. The minimum absolute atomic E-state index is 0.0233. The molecular weight excluding hydrogens is 332 g/mol. The fraction of sp³-hybridized carbons (Fsp3) is 0.429. The van der Waals surface area contributed by atoms with Crippen LogP contribution < -0.4 is 5.32 Å². The van der Waals surface area contributed by atoms with Crippen molar-refractivity contribution >= 4 is 23.2 Å². The molecule has 132 valence electrons. The van der Waals surface area contributed by atoms with E-state index in [9.17, 15) is 4.79 Å². The number of carbonyl (C=O) groups is 1. The Bertz CT molecular complexity index is 721. The SMILES string of the molecule is Cc1cnccc1C1CCC(C(C)C(=O)Nc2ccc(Cl)cc2)CC1. The summed E-state index contributed by atoms with van der Waals surface area (Å²) in [5, 5.41) is 3.69. The van der Waals surface area contributed by atoms with Crippen LogP contribution in [0.2, 0.25) is 5.02 Å². The average Bonchev–Trinajstić information content (AvgIpc) is 2.63. The first-order valence-electron chi connectivity index (χ1n) is 9.01. The maximum atomic E-state index is 12.5. The molecule has 1 amide bonds. The highest BCUT2D eigenvalue weighted by molar-refractivity contribution is 6.30. The molecule has 1 saturated carbocycles. The molecule has 0 spiro atoms. The van der Waals surface area contributed by atoms with E-state index in [1.54, 1.807) is 12.1 Å². The predicted octanol–water partition coefficient (Wildman–Crippen LogP) is 5.59. The third-order valence-corrected chi connectivity index (χ3v) is 5.76. The van der Waals surface area contributed by atoms with Crippen LogP contribution in [0.3, 0.4) is 0 Å². The molecule has 0 aliphatic heterocycles. The Morgan fingerprint density at radius 1 is 1.16 bits per heavy atom. The van der Waals surface area contributed by atoms with Gasteiger partial charge in [0.1, 0.15) is 0 Å². The molecule has 0 radical (unpaired) electrons. The molecule has 1 fully saturated rings. The van der Waals surface area contributed by atoms with Gasteiger partial charge in [-0.05, 0) is 85.9 Å². The zero-order valence-corrected chi connectivity index (χ0v) is 15.6. The Labute approximate surface area is 154 Å². The topological polar surface area (TPSA) is 42.0 Å². The van der Waals surface area contributed by atoms with Crippen LogP contribution in [0.1, 0.15) is 49.7 Å². The summed E-state index contributed by atoms with van der Waals surface area (Å²) in [6.07, 6.45) is 8.33. The molecule has 4 heteroatoms. The molecule has 1 atom stereocenters. The summed E-state index contributed by atoms with van der Waals surface area (Å²) in [6.45, 7) is 4.19. The smallest absolute Gasteiger partial charge is 0.227 e. The molecule has 1 aliphatic rings. The van der Waals surface area contributed by atoms with Gasteiger partial charge in [0.05, 0.1) is 0 Å². The van der Waals surface area contributed by atoms with Gasteiger partial charge in [0.2, 0.25) is 5.91 Å². The number of rotatable bonds is 4. The maximum absolute atomic E-state index is 12.5. The number of aryl methyl sites for hydroxylation is 1. The fourth-order valence-electron chi connectivity index (χ4n) is 3.88. The van der Waals surface area contributed by atoms with Crippen molar-refractivity contribution < 1.29 is 4.79 Å². The summed E-state index contributed by atoms with van der Waals surface area (Å²) in [6, 6.07) is 9.43. The molecular formula is C21H25ClN2O. The second kappa shape index (κ2) is 8.01. The zero-order chi connectivity index (χ0) is 17.8. The fourth-order valence-corrected chi connectivity index (χ4v) is 4.00. The van der Waals surface area contributed by atoms with Gasteiger partial charge in [-0.2, -0.15) is 0 Å². The molecule has 1 aromatic heterocycles. The molecule has 3 rings (SSSR count). The first kappa shape index (κ1) is 17.9. The highest BCUT2D eigenvalue weighted by atomic mass is 35.5. The summed E-state index contributed by atoms with van der Waals surface area (Å²) in [4.78, 5) is 16.7.